The maximum atomic E-state index is 12.1. The predicted molar refractivity (Wildman–Crippen MR) is 123 cm³/mol. The van der Waals surface area contributed by atoms with Crippen LogP contribution in [0.3, 0.4) is 0 Å². The number of nitrogens with one attached hydrogen (secondary N) is 1. The van der Waals surface area contributed by atoms with Crippen LogP contribution in [0.5, 0.6) is 5.75 Å². The van der Waals surface area contributed by atoms with Crippen molar-refractivity contribution in [3.63, 3.8) is 0 Å². The highest BCUT2D eigenvalue weighted by Gasteiger charge is 2.08. The second-order valence-corrected chi connectivity index (χ2v) is 8.04. The summed E-state index contributed by atoms with van der Waals surface area (Å²) in [7, 11) is 0. The van der Waals surface area contributed by atoms with E-state index in [0.29, 0.717) is 37.0 Å². The number of aryl methyl sites for hydroxylation is 1. The highest BCUT2D eigenvalue weighted by Crippen LogP contribution is 2.28. The molecule has 0 aliphatic heterocycles. The van der Waals surface area contributed by atoms with Crippen molar-refractivity contribution in [2.75, 3.05) is 0 Å². The van der Waals surface area contributed by atoms with Gasteiger partial charge in [0.2, 0.25) is 0 Å². The molecule has 3 aromatic rings. The number of carbonyl (C=O) groups is 1. The van der Waals surface area contributed by atoms with Gasteiger partial charge in [0.1, 0.15) is 12.4 Å². The smallest absolute Gasteiger partial charge is 0.271 e. The van der Waals surface area contributed by atoms with Crippen LogP contribution in [-0.4, -0.2) is 12.1 Å². The Morgan fingerprint density at radius 2 is 1.77 bits per heavy atom. The molecule has 3 aromatic carbocycles. The molecule has 0 aliphatic rings. The third kappa shape index (κ3) is 5.89. The van der Waals surface area contributed by atoms with Crippen LogP contribution in [0, 0.1) is 6.92 Å². The van der Waals surface area contributed by atoms with Crippen LogP contribution < -0.4 is 10.2 Å². The van der Waals surface area contributed by atoms with Gasteiger partial charge in [0.25, 0.3) is 5.91 Å². The van der Waals surface area contributed by atoms with E-state index in [4.69, 9.17) is 51.1 Å². The van der Waals surface area contributed by atoms with Gasteiger partial charge in [0, 0.05) is 26.2 Å². The third-order valence-electron chi connectivity index (χ3n) is 4.17. The molecule has 3 rings (SSSR count). The molecule has 0 aromatic heterocycles. The topological polar surface area (TPSA) is 50.7 Å². The van der Waals surface area contributed by atoms with Crippen molar-refractivity contribution in [1.82, 2.24) is 5.43 Å². The van der Waals surface area contributed by atoms with Gasteiger partial charge in [-0.1, -0.05) is 58.5 Å². The molecule has 154 valence electrons. The highest BCUT2D eigenvalue weighted by molar-refractivity contribution is 6.35. The van der Waals surface area contributed by atoms with Crippen molar-refractivity contribution >= 4 is 58.5 Å². The Labute approximate surface area is 194 Å². The number of hydrogen-bond acceptors (Lipinski definition) is 3. The summed E-state index contributed by atoms with van der Waals surface area (Å²) >= 11 is 24.4. The third-order valence-corrected chi connectivity index (χ3v) is 5.46. The first-order chi connectivity index (χ1) is 14.3. The normalized spacial score (nSPS) is 11.0. The number of carbonyl (C=O) groups excluding carboxylic acids is 1. The number of rotatable bonds is 6. The van der Waals surface area contributed by atoms with E-state index in [-0.39, 0.29) is 12.5 Å². The van der Waals surface area contributed by atoms with Crippen LogP contribution in [0.15, 0.2) is 59.7 Å². The molecule has 0 fully saturated rings. The van der Waals surface area contributed by atoms with Crippen LogP contribution in [0.4, 0.5) is 0 Å². The zero-order valence-electron chi connectivity index (χ0n) is 15.8. The second kappa shape index (κ2) is 10.2. The lowest BCUT2D eigenvalue weighted by molar-refractivity contribution is 0.0955. The fourth-order valence-electron chi connectivity index (χ4n) is 2.47. The Bertz CT molecular complexity index is 1120. The summed E-state index contributed by atoms with van der Waals surface area (Å²) < 4.78 is 5.73. The monoisotopic (exact) mass is 480 g/mol. The molecule has 0 bridgehead atoms. The first-order valence-corrected chi connectivity index (χ1v) is 10.3. The molecule has 0 atom stereocenters. The van der Waals surface area contributed by atoms with Crippen molar-refractivity contribution in [3.05, 3.63) is 96.9 Å². The number of hydrazone groups is 1. The minimum atomic E-state index is -0.362. The summed E-state index contributed by atoms with van der Waals surface area (Å²) in [6.07, 6.45) is 1.49. The summed E-state index contributed by atoms with van der Waals surface area (Å²) in [5.41, 5.74) is 5.26. The Morgan fingerprint density at radius 1 is 0.967 bits per heavy atom. The first-order valence-electron chi connectivity index (χ1n) is 8.79. The molecule has 0 saturated heterocycles. The van der Waals surface area contributed by atoms with Crippen molar-refractivity contribution in [1.29, 1.82) is 0 Å². The van der Waals surface area contributed by atoms with Crippen LogP contribution in [0.1, 0.15) is 27.0 Å². The molecule has 0 radical (unpaired) electrons. The molecular formula is C22H16Cl4N2O2. The van der Waals surface area contributed by atoms with Crippen molar-refractivity contribution in [2.24, 2.45) is 5.10 Å². The molecule has 1 amide bonds. The van der Waals surface area contributed by atoms with Crippen LogP contribution in [0.2, 0.25) is 20.1 Å². The minimum absolute atomic E-state index is 0.248. The SMILES string of the molecule is Cc1ccc(C(=O)N/N=C\c2ccc(OCc3ccc(Cl)cc3Cl)c(Cl)c2)cc1Cl. The summed E-state index contributed by atoms with van der Waals surface area (Å²) in [6.45, 7) is 2.11. The van der Waals surface area contributed by atoms with Crippen molar-refractivity contribution in [2.45, 2.75) is 13.5 Å². The lowest BCUT2D eigenvalue weighted by Gasteiger charge is -2.10. The zero-order valence-corrected chi connectivity index (χ0v) is 18.8. The minimum Gasteiger partial charge on any atom is -0.487 e. The van der Waals surface area contributed by atoms with Crippen LogP contribution in [-0.2, 0) is 6.61 Å². The molecule has 0 unspecified atom stereocenters. The molecule has 1 N–H and O–H groups in total. The lowest BCUT2D eigenvalue weighted by Crippen LogP contribution is -2.17. The second-order valence-electron chi connectivity index (χ2n) is 6.38. The van der Waals surface area contributed by atoms with Gasteiger partial charge in [0.15, 0.2) is 0 Å². The molecular weight excluding hydrogens is 466 g/mol. The average Bonchev–Trinajstić information content (AvgIpc) is 2.70. The van der Waals surface area contributed by atoms with Gasteiger partial charge in [-0.25, -0.2) is 5.43 Å². The molecule has 0 saturated carbocycles. The van der Waals surface area contributed by atoms with Crippen LogP contribution >= 0.6 is 46.4 Å². The number of nitrogens with zero attached hydrogens (tertiary/aromatic N) is 1. The molecule has 0 spiro atoms. The molecule has 0 heterocycles. The van der Waals surface area contributed by atoms with Gasteiger partial charge >= 0.3 is 0 Å². The summed E-state index contributed by atoms with van der Waals surface area (Å²) in [4.78, 5) is 12.1. The maximum Gasteiger partial charge on any atom is 0.271 e. The fourth-order valence-corrected chi connectivity index (χ4v) is 3.36. The summed E-state index contributed by atoms with van der Waals surface area (Å²) in [5, 5.41) is 5.96. The number of benzene rings is 3. The Hall–Kier alpha value is -2.24. The first kappa shape index (κ1) is 22.4. The standard InChI is InChI=1S/C22H16Cl4N2O2/c1-13-2-4-15(9-18(13)24)22(29)28-27-11-14-3-7-21(20(26)8-14)30-12-16-5-6-17(23)10-19(16)25/h2-11H,12H2,1H3,(H,28,29)/b27-11-. The van der Waals surface area contributed by atoms with E-state index in [1.54, 1.807) is 54.6 Å². The fraction of sp³-hybridized carbons (Fsp3) is 0.0909. The zero-order chi connectivity index (χ0) is 21.7. The maximum absolute atomic E-state index is 12.1. The Balaban J connectivity index is 1.60. The van der Waals surface area contributed by atoms with Gasteiger partial charge in [-0.2, -0.15) is 5.10 Å². The van der Waals surface area contributed by atoms with Gasteiger partial charge in [0.05, 0.1) is 11.2 Å². The van der Waals surface area contributed by atoms with Gasteiger partial charge in [-0.05, 0) is 60.5 Å². The van der Waals surface area contributed by atoms with Gasteiger partial charge in [-0.3, -0.25) is 4.79 Å². The van der Waals surface area contributed by atoms with E-state index in [1.807, 2.05) is 6.92 Å². The quantitative estimate of drug-likeness (QED) is 0.305. The number of halogens is 4. The number of amides is 1. The highest BCUT2D eigenvalue weighted by atomic mass is 35.5. The number of ether oxygens (including phenoxy) is 1. The molecule has 4 nitrogen and oxygen atoms in total. The van der Waals surface area contributed by atoms with Gasteiger partial charge < -0.3 is 4.74 Å². The average molecular weight is 482 g/mol. The Kier molecular flexibility index (Phi) is 7.62. The van der Waals surface area contributed by atoms with E-state index < -0.39 is 0 Å². The lowest BCUT2D eigenvalue weighted by atomic mass is 10.1. The number of hydrogen-bond donors (Lipinski definition) is 1. The van der Waals surface area contributed by atoms with E-state index in [9.17, 15) is 4.79 Å². The molecule has 0 aliphatic carbocycles. The van der Waals surface area contributed by atoms with Crippen LogP contribution in [0.25, 0.3) is 0 Å². The largest absolute Gasteiger partial charge is 0.487 e. The molecule has 30 heavy (non-hydrogen) atoms. The van der Waals surface area contributed by atoms with Crippen molar-refractivity contribution < 1.29 is 9.53 Å². The predicted octanol–water partition coefficient (Wildman–Crippen LogP) is 6.95. The van der Waals surface area contributed by atoms with E-state index in [0.717, 1.165) is 11.1 Å². The van der Waals surface area contributed by atoms with Crippen molar-refractivity contribution in [3.8, 4) is 5.75 Å². The van der Waals surface area contributed by atoms with E-state index in [1.165, 1.54) is 6.21 Å². The molecule has 8 heteroatoms. The summed E-state index contributed by atoms with van der Waals surface area (Å²) in [5.74, 6) is 0.136. The summed E-state index contributed by atoms with van der Waals surface area (Å²) in [6, 6.07) is 15.4. The van der Waals surface area contributed by atoms with Gasteiger partial charge in [-0.15, -0.1) is 0 Å². The van der Waals surface area contributed by atoms with E-state index >= 15 is 0 Å². The van der Waals surface area contributed by atoms with E-state index in [2.05, 4.69) is 10.5 Å². The Morgan fingerprint density at radius 3 is 2.47 bits per heavy atom.